The molecule has 0 unspecified atom stereocenters. The van der Waals surface area contributed by atoms with Crippen molar-refractivity contribution in [1.29, 1.82) is 0 Å². The van der Waals surface area contributed by atoms with Crippen LogP contribution in [-0.2, 0) is 24.3 Å². The maximum Gasteiger partial charge on any atom is 0.268 e. The van der Waals surface area contributed by atoms with E-state index in [0.717, 1.165) is 4.90 Å². The number of hydrogen-bond acceptors (Lipinski definition) is 8. The number of anilines is 1. The number of sulfonamides is 1. The summed E-state index contributed by atoms with van der Waals surface area (Å²) in [6.07, 6.45) is 1.15. The molecular weight excluding hydrogens is 543 g/mol. The summed E-state index contributed by atoms with van der Waals surface area (Å²) in [6, 6.07) is 6.85. The topological polar surface area (TPSA) is 97.0 Å². The van der Waals surface area contributed by atoms with Gasteiger partial charge in [0.05, 0.1) is 24.2 Å². The van der Waals surface area contributed by atoms with Gasteiger partial charge in [0.1, 0.15) is 11.5 Å². The molecule has 3 atom stereocenters. The first-order valence-electron chi connectivity index (χ1n) is 12.1. The van der Waals surface area contributed by atoms with E-state index in [9.17, 15) is 17.6 Å². The van der Waals surface area contributed by atoms with Crippen LogP contribution in [-0.4, -0.2) is 76.6 Å². The van der Waals surface area contributed by atoms with Crippen LogP contribution in [0.25, 0.3) is 0 Å². The van der Waals surface area contributed by atoms with Gasteiger partial charge < -0.3 is 19.7 Å². The Bertz CT molecular complexity index is 1240. The van der Waals surface area contributed by atoms with Gasteiger partial charge in [-0.3, -0.25) is 4.79 Å². The lowest BCUT2D eigenvalue weighted by Crippen LogP contribution is -2.52. The Morgan fingerprint density at radius 2 is 1.87 bits per heavy atom. The summed E-state index contributed by atoms with van der Waals surface area (Å²) in [5, 5.41) is 2.85. The molecule has 2 aliphatic rings. The van der Waals surface area contributed by atoms with Gasteiger partial charge in [0.2, 0.25) is 0 Å². The van der Waals surface area contributed by atoms with Crippen molar-refractivity contribution in [3.8, 4) is 0 Å². The number of benzene rings is 2. The molecule has 0 aliphatic carbocycles. The number of halogens is 3. The standard InChI is InChI=1S/C25H30F3N3O5S2/c1-31(2)9-7-17(14-37-19-5-3-16(26)4-6-19)29-23-21(27)11-20(12-22(23)28)38(33,34)30-24(32)25-13-18(35-15-25)8-10-36-25/h3-6,11-12,17-18,29H,7-10,13-15H2,1-2H3,(H,30,32)/t17-,18-,25+/m1/s1. The molecule has 2 bridgehead atoms. The van der Waals surface area contributed by atoms with Crippen molar-refractivity contribution in [2.24, 2.45) is 0 Å². The largest absolute Gasteiger partial charge is 0.377 e. The molecule has 13 heteroatoms. The summed E-state index contributed by atoms with van der Waals surface area (Å²) in [7, 11) is -0.844. The highest BCUT2D eigenvalue weighted by molar-refractivity contribution is 7.99. The summed E-state index contributed by atoms with van der Waals surface area (Å²) in [5.74, 6) is -3.10. The second-order valence-electron chi connectivity index (χ2n) is 9.66. The van der Waals surface area contributed by atoms with E-state index in [-0.39, 0.29) is 31.6 Å². The molecule has 1 amide bonds. The van der Waals surface area contributed by atoms with Gasteiger partial charge in [-0.25, -0.2) is 26.3 Å². The van der Waals surface area contributed by atoms with E-state index < -0.39 is 49.8 Å². The molecule has 38 heavy (non-hydrogen) atoms. The van der Waals surface area contributed by atoms with Crippen molar-refractivity contribution in [1.82, 2.24) is 9.62 Å². The van der Waals surface area contributed by atoms with E-state index >= 15 is 8.78 Å². The molecule has 4 rings (SSSR count). The molecule has 0 saturated carbocycles. The highest BCUT2D eigenvalue weighted by atomic mass is 32.2. The van der Waals surface area contributed by atoms with E-state index in [1.165, 1.54) is 23.9 Å². The summed E-state index contributed by atoms with van der Waals surface area (Å²) in [5.41, 5.74) is -1.91. The van der Waals surface area contributed by atoms with Crippen molar-refractivity contribution in [3.63, 3.8) is 0 Å². The fourth-order valence-electron chi connectivity index (χ4n) is 4.29. The van der Waals surface area contributed by atoms with Gasteiger partial charge in [-0.15, -0.1) is 11.8 Å². The van der Waals surface area contributed by atoms with Gasteiger partial charge in [-0.1, -0.05) is 0 Å². The number of carbonyl (C=O) groups excluding carboxylic acids is 1. The Balaban J connectivity index is 1.48. The lowest BCUT2D eigenvalue weighted by molar-refractivity contribution is -0.146. The molecule has 2 N–H and O–H groups in total. The highest BCUT2D eigenvalue weighted by Crippen LogP contribution is 2.35. The summed E-state index contributed by atoms with van der Waals surface area (Å²) in [6.45, 7) is 0.781. The Labute approximate surface area is 224 Å². The van der Waals surface area contributed by atoms with Gasteiger partial charge in [0.25, 0.3) is 15.9 Å². The van der Waals surface area contributed by atoms with Crippen molar-refractivity contribution in [3.05, 3.63) is 53.8 Å². The Hall–Kier alpha value is -2.32. The van der Waals surface area contributed by atoms with Crippen molar-refractivity contribution in [2.75, 3.05) is 44.9 Å². The van der Waals surface area contributed by atoms with Crippen LogP contribution in [0, 0.1) is 17.5 Å². The number of nitrogens with one attached hydrogen (secondary N) is 2. The zero-order valence-electron chi connectivity index (χ0n) is 21.0. The van der Waals surface area contributed by atoms with Crippen LogP contribution in [0.4, 0.5) is 18.9 Å². The third-order valence-corrected chi connectivity index (χ3v) is 8.92. The van der Waals surface area contributed by atoms with E-state index in [1.54, 1.807) is 12.1 Å². The summed E-state index contributed by atoms with van der Waals surface area (Å²) in [4.78, 5) is 14.8. The number of fused-ring (bicyclic) bond motifs is 2. The third kappa shape index (κ3) is 6.81. The number of hydrogen-bond donors (Lipinski definition) is 2. The normalized spacial score (nSPS) is 21.9. The predicted molar refractivity (Wildman–Crippen MR) is 137 cm³/mol. The van der Waals surface area contributed by atoms with Crippen LogP contribution in [0.3, 0.4) is 0 Å². The molecule has 2 aromatic carbocycles. The highest BCUT2D eigenvalue weighted by Gasteiger charge is 2.51. The molecule has 2 aromatic rings. The number of nitrogens with zero attached hydrogens (tertiary/aromatic N) is 1. The maximum atomic E-state index is 15.1. The van der Waals surface area contributed by atoms with Crippen molar-refractivity contribution < 1.29 is 35.9 Å². The van der Waals surface area contributed by atoms with E-state index in [4.69, 9.17) is 9.47 Å². The average molecular weight is 574 g/mol. The van der Waals surface area contributed by atoms with Gasteiger partial charge in [0.15, 0.2) is 17.2 Å². The minimum Gasteiger partial charge on any atom is -0.377 e. The molecular formula is C25H30F3N3O5S2. The van der Waals surface area contributed by atoms with Gasteiger partial charge in [-0.2, -0.15) is 0 Å². The Morgan fingerprint density at radius 1 is 1.18 bits per heavy atom. The van der Waals surface area contributed by atoms with Crippen LogP contribution < -0.4 is 10.0 Å². The molecule has 0 spiro atoms. The summed E-state index contributed by atoms with van der Waals surface area (Å²) >= 11 is 1.39. The maximum absolute atomic E-state index is 15.1. The lowest BCUT2D eigenvalue weighted by atomic mass is 9.95. The van der Waals surface area contributed by atoms with Crippen LogP contribution in [0.1, 0.15) is 19.3 Å². The SMILES string of the molecule is CN(C)CC[C@H](CSc1ccc(F)cc1)Nc1c(F)cc(S(=O)(=O)NC(=O)[C@]23CO[C@H](CCO2)C3)cc1F. The van der Waals surface area contributed by atoms with Crippen LogP contribution >= 0.6 is 11.8 Å². The molecule has 2 aliphatic heterocycles. The quantitative estimate of drug-likeness (QED) is 0.395. The minimum atomic E-state index is -4.58. The summed E-state index contributed by atoms with van der Waals surface area (Å²) < 4.78 is 81.9. The minimum absolute atomic E-state index is 0.0884. The van der Waals surface area contributed by atoms with Crippen LogP contribution in [0.2, 0.25) is 0 Å². The van der Waals surface area contributed by atoms with E-state index in [2.05, 4.69) is 5.32 Å². The zero-order chi connectivity index (χ0) is 27.5. The van der Waals surface area contributed by atoms with Gasteiger partial charge in [-0.05, 0) is 69.9 Å². The number of carbonyl (C=O) groups is 1. The van der Waals surface area contributed by atoms with E-state index in [1.807, 2.05) is 23.7 Å². The predicted octanol–water partition coefficient (Wildman–Crippen LogP) is 3.38. The second-order valence-corrected chi connectivity index (χ2v) is 12.4. The number of rotatable bonds is 11. The zero-order valence-corrected chi connectivity index (χ0v) is 22.6. The number of amides is 1. The van der Waals surface area contributed by atoms with Gasteiger partial charge >= 0.3 is 0 Å². The first kappa shape index (κ1) is 28.7. The fraction of sp³-hybridized carbons (Fsp3) is 0.480. The first-order valence-corrected chi connectivity index (χ1v) is 14.6. The third-order valence-electron chi connectivity index (χ3n) is 6.43. The molecule has 2 saturated heterocycles. The second kappa shape index (κ2) is 11.8. The van der Waals surface area contributed by atoms with Crippen LogP contribution in [0.5, 0.6) is 0 Å². The number of thioether (sulfide) groups is 1. The average Bonchev–Trinajstić information content (AvgIpc) is 3.17. The molecule has 208 valence electrons. The smallest absolute Gasteiger partial charge is 0.268 e. The van der Waals surface area contributed by atoms with E-state index in [0.29, 0.717) is 37.3 Å². The van der Waals surface area contributed by atoms with Crippen LogP contribution in [0.15, 0.2) is 46.2 Å². The molecule has 2 heterocycles. The van der Waals surface area contributed by atoms with Crippen molar-refractivity contribution >= 4 is 33.4 Å². The molecule has 0 aromatic heterocycles. The first-order chi connectivity index (χ1) is 18.0. The lowest BCUT2D eigenvalue weighted by Gasteiger charge is -2.29. The molecule has 0 radical (unpaired) electrons. The molecule has 8 nitrogen and oxygen atoms in total. The Morgan fingerprint density at radius 3 is 2.53 bits per heavy atom. The van der Waals surface area contributed by atoms with Crippen molar-refractivity contribution in [2.45, 2.75) is 46.8 Å². The molecule has 2 fully saturated rings. The monoisotopic (exact) mass is 573 g/mol. The number of ether oxygens (including phenoxy) is 2. The Kier molecular flexibility index (Phi) is 8.92. The van der Waals surface area contributed by atoms with Gasteiger partial charge in [0, 0.05) is 23.1 Å². The fourth-order valence-corrected chi connectivity index (χ4v) is 6.33.